The first-order chi connectivity index (χ1) is 9.70. The first-order valence-corrected chi connectivity index (χ1v) is 6.25. The first-order valence-electron chi connectivity index (χ1n) is 6.25. The maximum Gasteiger partial charge on any atom is 0.146 e. The largest absolute Gasteiger partial charge is 0.338 e. The van der Waals surface area contributed by atoms with Gasteiger partial charge in [0, 0.05) is 18.6 Å². The Morgan fingerprint density at radius 2 is 2.05 bits per heavy atom. The third-order valence-electron chi connectivity index (χ3n) is 3.22. The number of aromatic nitrogens is 3. The van der Waals surface area contributed by atoms with Crippen LogP contribution in [0.4, 0.5) is 11.5 Å². The van der Waals surface area contributed by atoms with Crippen molar-refractivity contribution in [1.82, 2.24) is 14.8 Å². The average molecular weight is 263 g/mol. The summed E-state index contributed by atoms with van der Waals surface area (Å²) in [6, 6.07) is 12.0. The molecule has 0 bridgehead atoms. The van der Waals surface area contributed by atoms with Crippen LogP contribution in [0.1, 0.15) is 11.3 Å². The highest BCUT2D eigenvalue weighted by Crippen LogP contribution is 2.27. The van der Waals surface area contributed by atoms with E-state index >= 15 is 0 Å². The van der Waals surface area contributed by atoms with Crippen LogP contribution in [-0.2, 0) is 7.05 Å². The molecule has 0 aliphatic rings. The third-order valence-corrected chi connectivity index (χ3v) is 3.22. The number of nitriles is 1. The number of fused-ring (bicyclic) bond motifs is 1. The van der Waals surface area contributed by atoms with Crippen molar-refractivity contribution in [3.05, 3.63) is 47.8 Å². The number of nitrogens with zero attached hydrogens (tertiary/aromatic N) is 4. The van der Waals surface area contributed by atoms with E-state index < -0.39 is 0 Å². The van der Waals surface area contributed by atoms with Gasteiger partial charge in [0.1, 0.15) is 17.5 Å². The van der Waals surface area contributed by atoms with Gasteiger partial charge >= 0.3 is 0 Å². The zero-order valence-corrected chi connectivity index (χ0v) is 11.3. The van der Waals surface area contributed by atoms with Gasteiger partial charge in [-0.3, -0.25) is 9.67 Å². The lowest BCUT2D eigenvalue weighted by molar-refractivity contribution is 0.765. The van der Waals surface area contributed by atoms with Crippen molar-refractivity contribution in [3.63, 3.8) is 0 Å². The second-order valence-corrected chi connectivity index (χ2v) is 4.55. The Labute approximate surface area is 116 Å². The summed E-state index contributed by atoms with van der Waals surface area (Å²) in [6.45, 7) is 1.82. The van der Waals surface area contributed by atoms with Crippen LogP contribution >= 0.6 is 0 Å². The van der Waals surface area contributed by atoms with Crippen LogP contribution in [0.15, 0.2) is 36.5 Å². The summed E-state index contributed by atoms with van der Waals surface area (Å²) >= 11 is 0. The van der Waals surface area contributed by atoms with Crippen LogP contribution < -0.4 is 5.32 Å². The van der Waals surface area contributed by atoms with Gasteiger partial charge in [0.2, 0.25) is 0 Å². The molecule has 98 valence electrons. The van der Waals surface area contributed by atoms with Crippen LogP contribution in [0.5, 0.6) is 0 Å². The predicted molar refractivity (Wildman–Crippen MR) is 77.7 cm³/mol. The molecule has 3 rings (SSSR count). The number of hydrogen-bond acceptors (Lipinski definition) is 4. The highest BCUT2D eigenvalue weighted by molar-refractivity contribution is 5.92. The number of pyridine rings is 1. The van der Waals surface area contributed by atoms with Crippen molar-refractivity contribution in [3.8, 4) is 6.07 Å². The number of nitrogens with one attached hydrogen (secondary N) is 1. The summed E-state index contributed by atoms with van der Waals surface area (Å²) in [4.78, 5) is 4.39. The molecule has 0 atom stereocenters. The Balaban J connectivity index is 2.13. The highest BCUT2D eigenvalue weighted by atomic mass is 15.3. The molecule has 0 fully saturated rings. The quantitative estimate of drug-likeness (QED) is 0.772. The minimum atomic E-state index is 0.556. The summed E-state index contributed by atoms with van der Waals surface area (Å²) in [5, 5.41) is 17.8. The molecule has 1 N–H and O–H groups in total. The Hall–Kier alpha value is -2.87. The highest BCUT2D eigenvalue weighted by Gasteiger charge is 2.14. The first kappa shape index (κ1) is 12.2. The van der Waals surface area contributed by atoms with Gasteiger partial charge in [-0.1, -0.05) is 18.2 Å². The molecule has 0 saturated heterocycles. The van der Waals surface area contributed by atoms with E-state index in [-0.39, 0.29) is 0 Å². The van der Waals surface area contributed by atoms with Crippen LogP contribution in [0.25, 0.3) is 10.9 Å². The van der Waals surface area contributed by atoms with Crippen LogP contribution in [0.2, 0.25) is 0 Å². The summed E-state index contributed by atoms with van der Waals surface area (Å²) in [5.41, 5.74) is 3.01. The summed E-state index contributed by atoms with van der Waals surface area (Å²) in [7, 11) is 1.81. The zero-order chi connectivity index (χ0) is 14.1. The van der Waals surface area contributed by atoms with Gasteiger partial charge in [0.05, 0.1) is 16.9 Å². The third kappa shape index (κ3) is 1.88. The van der Waals surface area contributed by atoms with E-state index in [0.717, 1.165) is 16.6 Å². The number of hydrogen-bond donors (Lipinski definition) is 1. The number of aryl methyl sites for hydroxylation is 2. The molecule has 0 saturated carbocycles. The molecule has 3 aromatic rings. The topological polar surface area (TPSA) is 66.5 Å². The molecular formula is C15H13N5. The van der Waals surface area contributed by atoms with Crippen LogP contribution in [0.3, 0.4) is 0 Å². The summed E-state index contributed by atoms with van der Waals surface area (Å²) < 4.78 is 1.68. The molecule has 0 amide bonds. The smallest absolute Gasteiger partial charge is 0.146 e. The minimum absolute atomic E-state index is 0.556. The average Bonchev–Trinajstić information content (AvgIpc) is 2.73. The standard InChI is InChI=1S/C15H13N5/c1-10-12(9-16)15(20(2)19-10)18-13-7-3-5-11-6-4-8-17-14(11)13/h3-8,18H,1-2H3. The number of rotatable bonds is 2. The number of para-hydroxylation sites is 1. The molecule has 0 aliphatic heterocycles. The fourth-order valence-electron chi connectivity index (χ4n) is 2.27. The maximum absolute atomic E-state index is 9.24. The van der Waals surface area contributed by atoms with Gasteiger partial charge in [-0.2, -0.15) is 10.4 Å². The Morgan fingerprint density at radius 3 is 2.85 bits per heavy atom. The van der Waals surface area contributed by atoms with Gasteiger partial charge in [-0.05, 0) is 19.1 Å². The fourth-order valence-corrected chi connectivity index (χ4v) is 2.27. The van der Waals surface area contributed by atoms with E-state index in [1.54, 1.807) is 10.9 Å². The van der Waals surface area contributed by atoms with E-state index in [2.05, 4.69) is 21.5 Å². The normalized spacial score (nSPS) is 10.4. The second kappa shape index (κ2) is 4.67. The molecular weight excluding hydrogens is 250 g/mol. The molecule has 0 aliphatic carbocycles. The van der Waals surface area contributed by atoms with Gasteiger partial charge in [0.15, 0.2) is 0 Å². The lowest BCUT2D eigenvalue weighted by atomic mass is 10.2. The van der Waals surface area contributed by atoms with Crippen molar-refractivity contribution in [2.24, 2.45) is 7.05 Å². The van der Waals surface area contributed by atoms with E-state index in [1.165, 1.54) is 0 Å². The lowest BCUT2D eigenvalue weighted by Crippen LogP contribution is -2.01. The van der Waals surface area contributed by atoms with Crippen molar-refractivity contribution in [1.29, 1.82) is 5.26 Å². The monoisotopic (exact) mass is 263 g/mol. The zero-order valence-electron chi connectivity index (χ0n) is 11.3. The van der Waals surface area contributed by atoms with Gasteiger partial charge in [-0.15, -0.1) is 0 Å². The van der Waals surface area contributed by atoms with Crippen LogP contribution in [0, 0.1) is 18.3 Å². The molecule has 0 unspecified atom stereocenters. The molecule has 0 radical (unpaired) electrons. The summed E-state index contributed by atoms with van der Waals surface area (Å²) in [5.74, 6) is 0.683. The molecule has 5 nitrogen and oxygen atoms in total. The van der Waals surface area contributed by atoms with E-state index in [0.29, 0.717) is 17.1 Å². The molecule has 5 heteroatoms. The Morgan fingerprint density at radius 1 is 1.25 bits per heavy atom. The second-order valence-electron chi connectivity index (χ2n) is 4.55. The van der Waals surface area contributed by atoms with E-state index in [4.69, 9.17) is 0 Å². The predicted octanol–water partition coefficient (Wildman–Crippen LogP) is 2.89. The van der Waals surface area contributed by atoms with Gasteiger partial charge in [0.25, 0.3) is 0 Å². The minimum Gasteiger partial charge on any atom is -0.338 e. The molecule has 0 spiro atoms. The van der Waals surface area contributed by atoms with Crippen molar-refractivity contribution in [2.75, 3.05) is 5.32 Å². The lowest BCUT2D eigenvalue weighted by Gasteiger charge is -2.09. The SMILES string of the molecule is Cc1nn(C)c(Nc2cccc3cccnc23)c1C#N. The molecule has 2 heterocycles. The van der Waals surface area contributed by atoms with Crippen molar-refractivity contribution < 1.29 is 0 Å². The van der Waals surface area contributed by atoms with Gasteiger partial charge in [-0.25, -0.2) is 0 Å². The number of anilines is 2. The van der Waals surface area contributed by atoms with Gasteiger partial charge < -0.3 is 5.32 Å². The van der Waals surface area contributed by atoms with E-state index in [1.807, 2.05) is 44.3 Å². The fraction of sp³-hybridized carbons (Fsp3) is 0.133. The molecule has 2 aromatic heterocycles. The van der Waals surface area contributed by atoms with E-state index in [9.17, 15) is 5.26 Å². The number of benzene rings is 1. The maximum atomic E-state index is 9.24. The molecule has 20 heavy (non-hydrogen) atoms. The molecule has 1 aromatic carbocycles. The Kier molecular flexibility index (Phi) is 2.84. The Bertz CT molecular complexity index is 821. The summed E-state index contributed by atoms with van der Waals surface area (Å²) in [6.07, 6.45) is 1.76. The van der Waals surface area contributed by atoms with Crippen molar-refractivity contribution >= 4 is 22.4 Å². The van der Waals surface area contributed by atoms with Crippen molar-refractivity contribution in [2.45, 2.75) is 6.92 Å². The van der Waals surface area contributed by atoms with Crippen LogP contribution in [-0.4, -0.2) is 14.8 Å².